The van der Waals surface area contributed by atoms with Gasteiger partial charge in [0.2, 0.25) is 0 Å². The summed E-state index contributed by atoms with van der Waals surface area (Å²) >= 11 is 15.3. The van der Waals surface area contributed by atoms with Gasteiger partial charge in [0.1, 0.15) is 18.2 Å². The monoisotopic (exact) mass is 377 g/mol. The van der Waals surface area contributed by atoms with Crippen LogP contribution in [-0.4, -0.2) is 0 Å². The van der Waals surface area contributed by atoms with Crippen LogP contribution in [-0.2, 0) is 13.2 Å². The van der Waals surface area contributed by atoms with Crippen LogP contribution in [0, 0.1) is 5.82 Å². The normalized spacial score (nSPS) is 10.7. The van der Waals surface area contributed by atoms with Crippen LogP contribution in [0.1, 0.15) is 11.1 Å². The molecule has 0 aromatic heterocycles. The van der Waals surface area contributed by atoms with E-state index in [1.807, 2.05) is 0 Å². The van der Waals surface area contributed by atoms with Crippen molar-refractivity contribution in [2.45, 2.75) is 13.2 Å². The van der Waals surface area contributed by atoms with E-state index in [4.69, 9.17) is 33.7 Å². The molecule has 2 rings (SSSR count). The first-order valence-corrected chi connectivity index (χ1v) is 7.31. The molecule has 0 radical (unpaired) electrons. The van der Waals surface area contributed by atoms with Crippen LogP contribution in [0.2, 0.25) is 10.0 Å². The van der Waals surface area contributed by atoms with Gasteiger partial charge in [-0.3, -0.25) is 0 Å². The van der Waals surface area contributed by atoms with Crippen molar-refractivity contribution >= 4 is 39.1 Å². The number of benzene rings is 2. The summed E-state index contributed by atoms with van der Waals surface area (Å²) in [6, 6.07) is 7.97. The van der Waals surface area contributed by atoms with Gasteiger partial charge in [0, 0.05) is 22.6 Å². The summed E-state index contributed by atoms with van der Waals surface area (Å²) < 4.78 is 19.6. The smallest absolute Gasteiger partial charge is 0.139 e. The molecule has 0 aliphatic rings. The minimum atomic E-state index is -0.319. The molecule has 0 atom stereocenters. The summed E-state index contributed by atoms with van der Waals surface area (Å²) in [6.45, 7) is 0.398. The highest BCUT2D eigenvalue weighted by Gasteiger charge is 2.08. The van der Waals surface area contributed by atoms with Gasteiger partial charge in [0.05, 0.1) is 10.0 Å². The Morgan fingerprint density at radius 3 is 2.60 bits per heavy atom. The van der Waals surface area contributed by atoms with Gasteiger partial charge in [0.15, 0.2) is 0 Å². The Hall–Kier alpha value is -0.810. The lowest BCUT2D eigenvalue weighted by Gasteiger charge is -2.10. The van der Waals surface area contributed by atoms with Crippen molar-refractivity contribution in [3.8, 4) is 5.75 Å². The number of ether oxygens (including phenoxy) is 1. The predicted molar refractivity (Wildman–Crippen MR) is 82.8 cm³/mol. The quantitative estimate of drug-likeness (QED) is 0.765. The number of hydrogen-bond donors (Lipinski definition) is 1. The molecule has 20 heavy (non-hydrogen) atoms. The Morgan fingerprint density at radius 2 is 1.90 bits per heavy atom. The van der Waals surface area contributed by atoms with E-state index in [9.17, 15) is 4.39 Å². The minimum absolute atomic E-state index is 0.143. The van der Waals surface area contributed by atoms with Crippen molar-refractivity contribution in [3.63, 3.8) is 0 Å². The zero-order valence-corrected chi connectivity index (χ0v) is 13.4. The Morgan fingerprint density at radius 1 is 1.15 bits per heavy atom. The van der Waals surface area contributed by atoms with Crippen molar-refractivity contribution in [3.05, 3.63) is 61.8 Å². The largest absolute Gasteiger partial charge is 0.487 e. The van der Waals surface area contributed by atoms with E-state index < -0.39 is 0 Å². The van der Waals surface area contributed by atoms with Gasteiger partial charge in [-0.25, -0.2) is 4.39 Å². The summed E-state index contributed by atoms with van der Waals surface area (Å²) in [5, 5.41) is 0.952. The predicted octanol–water partition coefficient (Wildman–Crippen LogP) is 4.93. The number of nitrogens with two attached hydrogens (primary N) is 1. The SMILES string of the molecule is NCc1cc(COc2cc(Cl)c(Br)cc2Cl)ccc1F. The van der Waals surface area contributed by atoms with Gasteiger partial charge in [-0.05, 0) is 39.7 Å². The van der Waals surface area contributed by atoms with Crippen molar-refractivity contribution in [2.75, 3.05) is 0 Å². The molecular formula is C14H11BrCl2FNO. The second kappa shape index (κ2) is 6.76. The van der Waals surface area contributed by atoms with Crippen LogP contribution in [0.5, 0.6) is 5.75 Å². The summed E-state index contributed by atoms with van der Waals surface area (Å²) in [4.78, 5) is 0. The van der Waals surface area contributed by atoms with Crippen LogP contribution in [0.25, 0.3) is 0 Å². The Balaban J connectivity index is 2.14. The van der Waals surface area contributed by atoms with E-state index in [1.54, 1.807) is 24.3 Å². The fourth-order valence-electron chi connectivity index (χ4n) is 1.65. The van der Waals surface area contributed by atoms with Crippen LogP contribution < -0.4 is 10.5 Å². The second-order valence-electron chi connectivity index (χ2n) is 4.12. The van der Waals surface area contributed by atoms with Crippen LogP contribution >= 0.6 is 39.1 Å². The first-order chi connectivity index (χ1) is 9.51. The molecule has 0 amide bonds. The highest BCUT2D eigenvalue weighted by Crippen LogP contribution is 2.34. The first-order valence-electron chi connectivity index (χ1n) is 5.76. The Kier molecular flexibility index (Phi) is 5.27. The molecule has 6 heteroatoms. The minimum Gasteiger partial charge on any atom is -0.487 e. The van der Waals surface area contributed by atoms with Crippen molar-refractivity contribution < 1.29 is 9.13 Å². The number of rotatable bonds is 4. The zero-order valence-electron chi connectivity index (χ0n) is 10.3. The van der Waals surface area contributed by atoms with Crippen molar-refractivity contribution in [1.82, 2.24) is 0 Å². The molecule has 0 spiro atoms. The lowest BCUT2D eigenvalue weighted by Crippen LogP contribution is -2.03. The average molecular weight is 379 g/mol. The van der Waals surface area contributed by atoms with Gasteiger partial charge in [-0.1, -0.05) is 29.3 Å². The van der Waals surface area contributed by atoms with E-state index in [-0.39, 0.29) is 19.0 Å². The molecule has 0 fully saturated rings. The molecule has 0 unspecified atom stereocenters. The molecule has 0 saturated carbocycles. The van der Waals surface area contributed by atoms with Gasteiger partial charge >= 0.3 is 0 Å². The highest BCUT2D eigenvalue weighted by atomic mass is 79.9. The third-order valence-corrected chi connectivity index (χ3v) is 4.19. The lowest BCUT2D eigenvalue weighted by atomic mass is 10.1. The molecule has 0 bridgehead atoms. The maximum absolute atomic E-state index is 13.3. The van der Waals surface area contributed by atoms with E-state index in [0.29, 0.717) is 25.8 Å². The Labute approximate surface area is 134 Å². The molecule has 0 aliphatic carbocycles. The maximum Gasteiger partial charge on any atom is 0.139 e. The summed E-state index contributed by atoms with van der Waals surface area (Å²) in [5.41, 5.74) is 6.72. The van der Waals surface area contributed by atoms with Gasteiger partial charge < -0.3 is 10.5 Å². The molecule has 106 valence electrons. The summed E-state index contributed by atoms with van der Waals surface area (Å²) in [5.74, 6) is 0.152. The van der Waals surface area contributed by atoms with Crippen LogP contribution in [0.15, 0.2) is 34.8 Å². The van der Waals surface area contributed by atoms with E-state index in [1.165, 1.54) is 6.07 Å². The van der Waals surface area contributed by atoms with Gasteiger partial charge in [0.25, 0.3) is 0 Å². The van der Waals surface area contributed by atoms with Gasteiger partial charge in [-0.2, -0.15) is 0 Å². The maximum atomic E-state index is 13.3. The fourth-order valence-corrected chi connectivity index (χ4v) is 2.50. The fraction of sp³-hybridized carbons (Fsp3) is 0.143. The standard InChI is InChI=1S/C14H11BrCl2FNO/c15-10-4-12(17)14(5-11(10)16)20-7-8-1-2-13(18)9(3-8)6-19/h1-5H,6-7,19H2. The van der Waals surface area contributed by atoms with E-state index >= 15 is 0 Å². The summed E-state index contributed by atoms with van der Waals surface area (Å²) in [6.07, 6.45) is 0. The van der Waals surface area contributed by atoms with Crippen LogP contribution in [0.4, 0.5) is 4.39 Å². The molecular weight excluding hydrogens is 368 g/mol. The third-order valence-electron chi connectivity index (χ3n) is 2.70. The van der Waals surface area contributed by atoms with Crippen molar-refractivity contribution in [1.29, 1.82) is 0 Å². The molecule has 2 aromatic rings. The zero-order chi connectivity index (χ0) is 14.7. The van der Waals surface area contributed by atoms with E-state index in [0.717, 1.165) is 5.56 Å². The molecule has 0 saturated heterocycles. The number of hydrogen-bond acceptors (Lipinski definition) is 2. The van der Waals surface area contributed by atoms with E-state index in [2.05, 4.69) is 15.9 Å². The highest BCUT2D eigenvalue weighted by molar-refractivity contribution is 9.10. The molecule has 2 aromatic carbocycles. The molecule has 0 aliphatic heterocycles. The van der Waals surface area contributed by atoms with Gasteiger partial charge in [-0.15, -0.1) is 0 Å². The first kappa shape index (κ1) is 15.6. The molecule has 2 nitrogen and oxygen atoms in total. The third kappa shape index (κ3) is 3.64. The average Bonchev–Trinajstić information content (AvgIpc) is 2.43. The summed E-state index contributed by atoms with van der Waals surface area (Å²) in [7, 11) is 0. The van der Waals surface area contributed by atoms with Crippen LogP contribution in [0.3, 0.4) is 0 Å². The molecule has 0 heterocycles. The second-order valence-corrected chi connectivity index (χ2v) is 5.78. The Bertz CT molecular complexity index is 637. The molecule has 2 N–H and O–H groups in total. The lowest BCUT2D eigenvalue weighted by molar-refractivity contribution is 0.306. The topological polar surface area (TPSA) is 35.2 Å². The number of halogens is 4. The van der Waals surface area contributed by atoms with Crippen molar-refractivity contribution in [2.24, 2.45) is 5.73 Å².